The number of carboxylic acids is 1. The van der Waals surface area contributed by atoms with Crippen molar-refractivity contribution in [3.8, 4) is 0 Å². The molecule has 0 aliphatic rings. The van der Waals surface area contributed by atoms with E-state index in [1.54, 1.807) is 0 Å². The number of carbonyl (C=O) groups is 1. The zero-order chi connectivity index (χ0) is 13.3. The van der Waals surface area contributed by atoms with Crippen LogP contribution in [0.25, 0.3) is 10.9 Å². The van der Waals surface area contributed by atoms with E-state index in [1.165, 1.54) is 29.0 Å². The van der Waals surface area contributed by atoms with Gasteiger partial charge in [0.2, 0.25) is 0 Å². The van der Waals surface area contributed by atoms with E-state index in [0.29, 0.717) is 0 Å². The van der Waals surface area contributed by atoms with Crippen LogP contribution in [0.2, 0.25) is 0 Å². The Bertz CT molecular complexity index is 710. The Hall–Kier alpha value is -1.70. The summed E-state index contributed by atoms with van der Waals surface area (Å²) in [6.07, 6.45) is 1.31. The molecule has 8 heteroatoms. The average molecular weight is 271 g/mol. The number of aromatic nitrogens is 1. The molecule has 7 nitrogen and oxygen atoms in total. The Balaban J connectivity index is 0.00000180. The quantitative estimate of drug-likeness (QED) is 0.500. The van der Waals surface area contributed by atoms with Crippen LogP contribution in [-0.2, 0) is 11.3 Å². The van der Waals surface area contributed by atoms with Gasteiger partial charge in [0.25, 0.3) is 5.69 Å². The monoisotopic (exact) mass is 271 g/mol. The molecule has 1 aromatic heterocycles. The number of hydrogen-bond acceptors (Lipinski definition) is 4. The molecule has 0 bridgehead atoms. The number of non-ortho nitro benzene ring substituents is 1. The van der Waals surface area contributed by atoms with Crippen LogP contribution >= 0.6 is 0 Å². The van der Waals surface area contributed by atoms with Crippen molar-refractivity contribution in [2.24, 2.45) is 0 Å². The molecule has 1 heterocycles. The van der Waals surface area contributed by atoms with Crippen LogP contribution in [0, 0.1) is 10.1 Å². The van der Waals surface area contributed by atoms with Gasteiger partial charge < -0.3 is 9.67 Å². The van der Waals surface area contributed by atoms with E-state index in [4.69, 9.17) is 5.11 Å². The first-order valence-corrected chi connectivity index (χ1v) is 4.99. The van der Waals surface area contributed by atoms with Gasteiger partial charge in [-0.1, -0.05) is 6.07 Å². The first kappa shape index (κ1) is 15.4. The number of nitro benzene ring substituents is 1. The molecule has 1 aromatic carbocycles. The van der Waals surface area contributed by atoms with Crippen molar-refractivity contribution in [2.45, 2.75) is 6.54 Å². The molecular formula is C11H8N2NaO5. The van der Waals surface area contributed by atoms with Gasteiger partial charge in [-0.3, -0.25) is 19.7 Å². The van der Waals surface area contributed by atoms with Gasteiger partial charge in [-0.05, 0) is 6.07 Å². The second-order valence-electron chi connectivity index (χ2n) is 3.63. The van der Waals surface area contributed by atoms with Crippen molar-refractivity contribution in [1.29, 1.82) is 0 Å². The molecule has 93 valence electrons. The van der Waals surface area contributed by atoms with Gasteiger partial charge in [0.05, 0.1) is 10.4 Å². The number of carboxylic acid groups (broad SMARTS) is 1. The van der Waals surface area contributed by atoms with Gasteiger partial charge in [0.1, 0.15) is 11.9 Å². The Morgan fingerprint density at radius 3 is 2.63 bits per heavy atom. The van der Waals surface area contributed by atoms with Crippen LogP contribution in [-0.4, -0.2) is 50.1 Å². The van der Waals surface area contributed by atoms with Crippen molar-refractivity contribution >= 4 is 52.1 Å². The largest absolute Gasteiger partial charge is 0.480 e. The molecule has 0 aliphatic heterocycles. The summed E-state index contributed by atoms with van der Waals surface area (Å²) in [4.78, 5) is 32.5. The van der Waals surface area contributed by atoms with E-state index in [-0.39, 0.29) is 52.7 Å². The first-order chi connectivity index (χ1) is 8.50. The van der Waals surface area contributed by atoms with E-state index in [0.717, 1.165) is 6.07 Å². The van der Waals surface area contributed by atoms with Gasteiger partial charge in [-0.2, -0.15) is 0 Å². The maximum absolute atomic E-state index is 11.7. The number of nitro groups is 1. The second-order valence-corrected chi connectivity index (χ2v) is 3.63. The Kier molecular flexibility index (Phi) is 4.82. The van der Waals surface area contributed by atoms with Crippen LogP contribution in [0.3, 0.4) is 0 Å². The standard InChI is InChI=1S/C11H8N2O5.Na/c14-9-4-5-12(6-10(15)16)7-2-1-3-8(11(7)9)13(17)18;/h1-5H,6H2,(H,15,16);. The molecule has 1 radical (unpaired) electrons. The fourth-order valence-corrected chi connectivity index (χ4v) is 1.78. The fourth-order valence-electron chi connectivity index (χ4n) is 1.78. The van der Waals surface area contributed by atoms with Crippen molar-refractivity contribution in [2.75, 3.05) is 0 Å². The number of benzene rings is 1. The molecular weight excluding hydrogens is 263 g/mol. The van der Waals surface area contributed by atoms with Crippen LogP contribution in [0.1, 0.15) is 0 Å². The number of nitrogens with zero attached hydrogens (tertiary/aromatic N) is 2. The van der Waals surface area contributed by atoms with E-state index in [9.17, 15) is 19.7 Å². The second kappa shape index (κ2) is 5.96. The molecule has 1 N–H and O–H groups in total. The van der Waals surface area contributed by atoms with Gasteiger partial charge in [-0.15, -0.1) is 0 Å². The Labute approximate surface area is 128 Å². The van der Waals surface area contributed by atoms with Crippen molar-refractivity contribution < 1.29 is 14.8 Å². The summed E-state index contributed by atoms with van der Waals surface area (Å²) in [7, 11) is 0. The van der Waals surface area contributed by atoms with E-state index in [2.05, 4.69) is 0 Å². The fraction of sp³-hybridized carbons (Fsp3) is 0.0909. The van der Waals surface area contributed by atoms with Gasteiger partial charge in [-0.25, -0.2) is 0 Å². The molecule has 0 aliphatic carbocycles. The summed E-state index contributed by atoms with van der Waals surface area (Å²) >= 11 is 0. The van der Waals surface area contributed by atoms with Gasteiger partial charge >= 0.3 is 5.97 Å². The smallest absolute Gasteiger partial charge is 0.323 e. The summed E-state index contributed by atoms with van der Waals surface area (Å²) in [6, 6.07) is 5.23. The summed E-state index contributed by atoms with van der Waals surface area (Å²) in [6.45, 7) is -0.363. The molecule has 2 rings (SSSR count). The van der Waals surface area contributed by atoms with E-state index in [1.807, 2.05) is 0 Å². The Morgan fingerprint density at radius 1 is 1.37 bits per heavy atom. The first-order valence-electron chi connectivity index (χ1n) is 4.99. The third kappa shape index (κ3) is 3.01. The van der Waals surface area contributed by atoms with E-state index >= 15 is 0 Å². The van der Waals surface area contributed by atoms with Crippen LogP contribution in [0.5, 0.6) is 0 Å². The number of aliphatic carboxylic acids is 1. The third-order valence-electron chi connectivity index (χ3n) is 2.48. The normalized spacial score (nSPS) is 9.89. The average Bonchev–Trinajstić information content (AvgIpc) is 2.31. The van der Waals surface area contributed by atoms with Gasteiger partial charge in [0.15, 0.2) is 5.43 Å². The molecule has 0 amide bonds. The molecule has 0 saturated heterocycles. The summed E-state index contributed by atoms with van der Waals surface area (Å²) in [5, 5.41) is 19.5. The summed E-state index contributed by atoms with van der Waals surface area (Å²) < 4.78 is 1.28. The zero-order valence-electron chi connectivity index (χ0n) is 10.1. The molecule has 19 heavy (non-hydrogen) atoms. The SMILES string of the molecule is O=C(O)Cn1ccc(=O)c2c([N+](=O)[O-])cccc21.[Na]. The van der Waals surface area contributed by atoms with Crippen LogP contribution < -0.4 is 5.43 Å². The van der Waals surface area contributed by atoms with Crippen LogP contribution in [0.15, 0.2) is 35.3 Å². The number of rotatable bonds is 3. The minimum atomic E-state index is -1.09. The maximum atomic E-state index is 11.7. The van der Waals surface area contributed by atoms with E-state index < -0.39 is 16.3 Å². The predicted octanol–water partition coefficient (Wildman–Crippen LogP) is 0.614. The molecule has 0 atom stereocenters. The molecule has 0 spiro atoms. The van der Waals surface area contributed by atoms with Crippen molar-refractivity contribution in [3.63, 3.8) is 0 Å². The van der Waals surface area contributed by atoms with Crippen molar-refractivity contribution in [3.05, 3.63) is 50.8 Å². The molecule has 0 saturated carbocycles. The zero-order valence-corrected chi connectivity index (χ0v) is 12.1. The van der Waals surface area contributed by atoms with Crippen LogP contribution in [0.4, 0.5) is 5.69 Å². The summed E-state index contributed by atoms with van der Waals surface area (Å²) in [5.41, 5.74) is -0.588. The topological polar surface area (TPSA) is 102 Å². The number of hydrogen-bond donors (Lipinski definition) is 1. The summed E-state index contributed by atoms with van der Waals surface area (Å²) in [5.74, 6) is -1.09. The molecule has 0 unspecified atom stereocenters. The minimum Gasteiger partial charge on any atom is -0.480 e. The number of fused-ring (bicyclic) bond motifs is 1. The predicted molar refractivity (Wildman–Crippen MR) is 68.3 cm³/mol. The third-order valence-corrected chi connectivity index (χ3v) is 2.48. The maximum Gasteiger partial charge on any atom is 0.323 e. The minimum absolute atomic E-state index is 0. The Morgan fingerprint density at radius 2 is 2.05 bits per heavy atom. The van der Waals surface area contributed by atoms with Gasteiger partial charge in [0, 0.05) is 47.9 Å². The molecule has 2 aromatic rings. The van der Waals surface area contributed by atoms with Crippen molar-refractivity contribution in [1.82, 2.24) is 4.57 Å². The number of pyridine rings is 1. The molecule has 0 fully saturated rings.